The molecule has 5 rings (SSSR count). The standard InChI is InChI=1S/C23H22FN7O3S/c24-17-1-7-20(8-2-17)35(33,34)29-19-5-3-18(4-6-19)26-23(32)16-11-13-30(14-12-16)22-10-9-21-27-25-15-31(21)28-22/h1-10,15-16,29H,11-14H2,(H,26,32). The Kier molecular flexibility index (Phi) is 6.03. The number of rotatable bonds is 6. The molecule has 1 aliphatic heterocycles. The fourth-order valence-electron chi connectivity index (χ4n) is 3.95. The molecule has 1 amide bonds. The number of halogens is 1. The van der Waals surface area contributed by atoms with Crippen molar-refractivity contribution in [2.75, 3.05) is 28.0 Å². The van der Waals surface area contributed by atoms with Crippen LogP contribution in [0.2, 0.25) is 0 Å². The van der Waals surface area contributed by atoms with E-state index in [4.69, 9.17) is 0 Å². The third-order valence-corrected chi connectivity index (χ3v) is 7.26. The minimum Gasteiger partial charge on any atom is -0.355 e. The number of fused-ring (bicyclic) bond motifs is 1. The predicted molar refractivity (Wildman–Crippen MR) is 128 cm³/mol. The molecule has 0 unspecified atom stereocenters. The Morgan fingerprint density at radius 1 is 0.943 bits per heavy atom. The van der Waals surface area contributed by atoms with Gasteiger partial charge in [-0.25, -0.2) is 12.8 Å². The van der Waals surface area contributed by atoms with Crippen LogP contribution in [-0.4, -0.2) is 47.2 Å². The number of carbonyl (C=O) groups excluding carboxylic acids is 1. The Morgan fingerprint density at radius 2 is 1.63 bits per heavy atom. The van der Waals surface area contributed by atoms with E-state index in [-0.39, 0.29) is 16.7 Å². The van der Waals surface area contributed by atoms with E-state index in [1.807, 2.05) is 12.1 Å². The summed E-state index contributed by atoms with van der Waals surface area (Å²) in [5, 5.41) is 15.2. The lowest BCUT2D eigenvalue weighted by Crippen LogP contribution is -2.38. The zero-order valence-electron chi connectivity index (χ0n) is 18.5. The number of nitrogens with one attached hydrogen (secondary N) is 2. The molecule has 0 aliphatic carbocycles. The van der Waals surface area contributed by atoms with E-state index >= 15 is 0 Å². The zero-order chi connectivity index (χ0) is 24.4. The number of sulfonamides is 1. The van der Waals surface area contributed by atoms with E-state index in [0.717, 1.165) is 18.0 Å². The first-order chi connectivity index (χ1) is 16.9. The highest BCUT2D eigenvalue weighted by molar-refractivity contribution is 7.92. The van der Waals surface area contributed by atoms with Crippen molar-refractivity contribution in [3.63, 3.8) is 0 Å². The molecular weight excluding hydrogens is 473 g/mol. The molecule has 0 saturated carbocycles. The summed E-state index contributed by atoms with van der Waals surface area (Å²) >= 11 is 0. The predicted octanol–water partition coefficient (Wildman–Crippen LogP) is 2.92. The van der Waals surface area contributed by atoms with Crippen molar-refractivity contribution >= 4 is 38.8 Å². The van der Waals surface area contributed by atoms with Gasteiger partial charge in [-0.15, -0.1) is 15.3 Å². The SMILES string of the molecule is O=C(Nc1ccc(NS(=O)(=O)c2ccc(F)cc2)cc1)C1CCN(c2ccc3nncn3n2)CC1. The fourth-order valence-corrected chi connectivity index (χ4v) is 5.01. The highest BCUT2D eigenvalue weighted by atomic mass is 32.2. The van der Waals surface area contributed by atoms with Crippen molar-refractivity contribution in [1.29, 1.82) is 0 Å². The highest BCUT2D eigenvalue weighted by Crippen LogP contribution is 2.24. The van der Waals surface area contributed by atoms with Gasteiger partial charge in [-0.05, 0) is 73.5 Å². The van der Waals surface area contributed by atoms with Gasteiger partial charge in [-0.2, -0.15) is 4.52 Å². The van der Waals surface area contributed by atoms with E-state index in [0.29, 0.717) is 43.0 Å². The number of piperidine rings is 1. The first kappa shape index (κ1) is 22.7. The Balaban J connectivity index is 1.15. The van der Waals surface area contributed by atoms with E-state index in [1.54, 1.807) is 35.1 Å². The minimum absolute atomic E-state index is 0.0422. The Labute approximate surface area is 200 Å². The van der Waals surface area contributed by atoms with Crippen LogP contribution in [-0.2, 0) is 14.8 Å². The topological polar surface area (TPSA) is 122 Å². The maximum atomic E-state index is 13.1. The van der Waals surface area contributed by atoms with Crippen molar-refractivity contribution in [3.8, 4) is 0 Å². The van der Waals surface area contributed by atoms with E-state index in [2.05, 4.69) is 30.2 Å². The van der Waals surface area contributed by atoms with Crippen LogP contribution in [0.3, 0.4) is 0 Å². The minimum atomic E-state index is -3.84. The lowest BCUT2D eigenvalue weighted by atomic mass is 9.96. The zero-order valence-corrected chi connectivity index (χ0v) is 19.3. The summed E-state index contributed by atoms with van der Waals surface area (Å²) in [7, 11) is -3.84. The second-order valence-corrected chi connectivity index (χ2v) is 9.89. The van der Waals surface area contributed by atoms with E-state index in [9.17, 15) is 17.6 Å². The van der Waals surface area contributed by atoms with Crippen LogP contribution >= 0.6 is 0 Å². The van der Waals surface area contributed by atoms with Crippen molar-refractivity contribution in [2.45, 2.75) is 17.7 Å². The van der Waals surface area contributed by atoms with Gasteiger partial charge in [0.05, 0.1) is 4.90 Å². The molecule has 1 aliphatic rings. The van der Waals surface area contributed by atoms with Gasteiger partial charge in [0.15, 0.2) is 5.65 Å². The molecular formula is C23H22FN7O3S. The number of aromatic nitrogens is 4. The normalized spacial score (nSPS) is 14.7. The molecule has 4 aromatic rings. The summed E-state index contributed by atoms with van der Waals surface area (Å²) in [6, 6.07) is 14.7. The number of hydrogen-bond acceptors (Lipinski definition) is 7. The maximum Gasteiger partial charge on any atom is 0.261 e. The van der Waals surface area contributed by atoms with Gasteiger partial charge in [-0.3, -0.25) is 9.52 Å². The molecule has 12 heteroatoms. The van der Waals surface area contributed by atoms with Crippen LogP contribution in [0.25, 0.3) is 5.65 Å². The van der Waals surface area contributed by atoms with Gasteiger partial charge < -0.3 is 10.2 Å². The van der Waals surface area contributed by atoms with Gasteiger partial charge in [0.2, 0.25) is 5.91 Å². The van der Waals surface area contributed by atoms with Crippen molar-refractivity contribution < 1.29 is 17.6 Å². The molecule has 0 bridgehead atoms. The molecule has 10 nitrogen and oxygen atoms in total. The lowest BCUT2D eigenvalue weighted by Gasteiger charge is -2.32. The number of nitrogens with zero attached hydrogens (tertiary/aromatic N) is 5. The van der Waals surface area contributed by atoms with Crippen LogP contribution in [0.1, 0.15) is 12.8 Å². The second kappa shape index (κ2) is 9.29. The van der Waals surface area contributed by atoms with Crippen LogP contribution in [0, 0.1) is 11.7 Å². The Bertz CT molecular complexity index is 1450. The molecule has 35 heavy (non-hydrogen) atoms. The van der Waals surface area contributed by atoms with Gasteiger partial charge in [0.25, 0.3) is 10.0 Å². The van der Waals surface area contributed by atoms with Crippen LogP contribution in [0.5, 0.6) is 0 Å². The number of amides is 1. The number of benzene rings is 2. The van der Waals surface area contributed by atoms with Crippen molar-refractivity contribution in [3.05, 3.63) is 72.8 Å². The summed E-state index contributed by atoms with van der Waals surface area (Å²) in [6.45, 7) is 1.39. The van der Waals surface area contributed by atoms with Crippen molar-refractivity contribution in [2.24, 2.45) is 5.92 Å². The maximum absolute atomic E-state index is 13.1. The first-order valence-corrected chi connectivity index (χ1v) is 12.5. The monoisotopic (exact) mass is 495 g/mol. The van der Waals surface area contributed by atoms with E-state index in [1.165, 1.54) is 12.1 Å². The molecule has 3 heterocycles. The van der Waals surface area contributed by atoms with E-state index < -0.39 is 15.8 Å². The molecule has 0 radical (unpaired) electrons. The quantitative estimate of drug-likeness (QED) is 0.422. The highest BCUT2D eigenvalue weighted by Gasteiger charge is 2.26. The smallest absolute Gasteiger partial charge is 0.261 e. The molecule has 0 spiro atoms. The number of anilines is 3. The summed E-state index contributed by atoms with van der Waals surface area (Å²) in [5.41, 5.74) is 1.58. The second-order valence-electron chi connectivity index (χ2n) is 8.21. The molecule has 1 saturated heterocycles. The van der Waals surface area contributed by atoms with Crippen molar-refractivity contribution in [1.82, 2.24) is 19.8 Å². The molecule has 0 atom stereocenters. The van der Waals surface area contributed by atoms with Crippen LogP contribution < -0.4 is 14.9 Å². The van der Waals surface area contributed by atoms with Gasteiger partial charge in [0.1, 0.15) is 18.0 Å². The summed E-state index contributed by atoms with van der Waals surface area (Å²) in [6.07, 6.45) is 2.92. The average molecular weight is 496 g/mol. The summed E-state index contributed by atoms with van der Waals surface area (Å²) < 4.78 is 42.0. The Hall–Kier alpha value is -4.06. The van der Waals surface area contributed by atoms with Gasteiger partial charge in [-0.1, -0.05) is 0 Å². The number of carbonyl (C=O) groups is 1. The third-order valence-electron chi connectivity index (χ3n) is 5.87. The number of hydrogen-bond donors (Lipinski definition) is 2. The largest absolute Gasteiger partial charge is 0.355 e. The molecule has 1 fully saturated rings. The fraction of sp³-hybridized carbons (Fsp3) is 0.217. The average Bonchev–Trinajstić information content (AvgIpc) is 3.33. The van der Waals surface area contributed by atoms with Gasteiger partial charge >= 0.3 is 0 Å². The first-order valence-electron chi connectivity index (χ1n) is 11.0. The van der Waals surface area contributed by atoms with Crippen LogP contribution in [0.4, 0.5) is 21.6 Å². The lowest BCUT2D eigenvalue weighted by molar-refractivity contribution is -0.120. The van der Waals surface area contributed by atoms with Crippen LogP contribution in [0.15, 0.2) is 71.9 Å². The summed E-state index contributed by atoms with van der Waals surface area (Å²) in [4.78, 5) is 14.9. The van der Waals surface area contributed by atoms with Gasteiger partial charge in [0, 0.05) is 30.4 Å². The molecule has 2 aromatic heterocycles. The Morgan fingerprint density at radius 3 is 2.34 bits per heavy atom. The third kappa shape index (κ3) is 5.06. The summed E-state index contributed by atoms with van der Waals surface area (Å²) in [5.74, 6) is 0.0859. The molecule has 2 N–H and O–H groups in total. The molecule has 2 aromatic carbocycles. The molecule has 180 valence electrons.